The van der Waals surface area contributed by atoms with Gasteiger partial charge in [-0.05, 0) is 32.2 Å². The molecule has 0 spiro atoms. The number of carboxylic acids is 2. The number of aliphatic carboxylic acids is 2. The van der Waals surface area contributed by atoms with Crippen LogP contribution >= 0.6 is 34.8 Å². The van der Waals surface area contributed by atoms with Crippen molar-refractivity contribution in [2.75, 3.05) is 120 Å². The van der Waals surface area contributed by atoms with Crippen LogP contribution in [0.1, 0.15) is 43.2 Å². The first kappa shape index (κ1) is 57.2. The first-order valence-electron chi connectivity index (χ1n) is 21.2. The number of hydrogen-bond donors (Lipinski definition) is 4. The number of ether oxygens (including phenoxy) is 3. The van der Waals surface area contributed by atoms with Crippen LogP contribution in [0.3, 0.4) is 0 Å². The number of hydrogen-bond acceptors (Lipinski definition) is 16. The van der Waals surface area contributed by atoms with Crippen molar-refractivity contribution in [3.63, 3.8) is 0 Å². The molecule has 3 aromatic rings. The van der Waals surface area contributed by atoms with E-state index in [1.807, 2.05) is 0 Å². The zero-order valence-corrected chi connectivity index (χ0v) is 38.8. The molecule has 8 rings (SSSR count). The van der Waals surface area contributed by atoms with E-state index in [2.05, 4.69) is 40.5 Å². The molecule has 0 amide bonds. The molecule has 5 fully saturated rings. The van der Waals surface area contributed by atoms with Crippen LogP contribution in [-0.2, 0) is 42.3 Å². The first-order valence-corrected chi connectivity index (χ1v) is 22.3. The number of aromatic nitrogens is 6. The van der Waals surface area contributed by atoms with Gasteiger partial charge in [0.15, 0.2) is 0 Å². The van der Waals surface area contributed by atoms with Crippen LogP contribution in [-0.4, -0.2) is 157 Å². The van der Waals surface area contributed by atoms with E-state index in [9.17, 15) is 54.2 Å². The number of nitrogens with zero attached hydrogens (tertiary/aromatic N) is 9. The van der Waals surface area contributed by atoms with Crippen molar-refractivity contribution < 1.29 is 73.5 Å². The Morgan fingerprint density at radius 1 is 0.522 bits per heavy atom. The van der Waals surface area contributed by atoms with Crippen LogP contribution in [0.2, 0.25) is 15.5 Å². The molecule has 3 aromatic heterocycles. The average molecular weight is 1060 g/mol. The molecular formula is C39H49Cl3F9N11O7. The average Bonchev–Trinajstić information content (AvgIpc) is 3.32. The summed E-state index contributed by atoms with van der Waals surface area (Å²) in [6.45, 7) is 9.72. The summed E-state index contributed by atoms with van der Waals surface area (Å²) < 4.78 is 128. The minimum atomic E-state index is -4.67. The number of halogens is 12. The van der Waals surface area contributed by atoms with Crippen LogP contribution in [0.15, 0.2) is 18.2 Å². The van der Waals surface area contributed by atoms with Gasteiger partial charge in [0.25, 0.3) is 0 Å². The first-order chi connectivity index (χ1) is 32.5. The third kappa shape index (κ3) is 20.1. The maximum Gasteiger partial charge on any atom is 0.451 e. The van der Waals surface area contributed by atoms with Crippen molar-refractivity contribution >= 4 is 64.2 Å². The Morgan fingerprint density at radius 3 is 1.32 bits per heavy atom. The van der Waals surface area contributed by atoms with Crippen molar-refractivity contribution in [2.45, 2.75) is 44.2 Å². The highest BCUT2D eigenvalue weighted by Gasteiger charge is 2.38. The van der Waals surface area contributed by atoms with Crippen molar-refractivity contribution in [3.8, 4) is 0 Å². The number of morpholine rings is 3. The minimum absolute atomic E-state index is 0.120. The van der Waals surface area contributed by atoms with Crippen molar-refractivity contribution in [2.24, 2.45) is 11.8 Å². The van der Waals surface area contributed by atoms with E-state index >= 15 is 0 Å². The van der Waals surface area contributed by atoms with Crippen LogP contribution in [0.5, 0.6) is 0 Å². The Morgan fingerprint density at radius 2 is 0.928 bits per heavy atom. The molecule has 30 heteroatoms. The van der Waals surface area contributed by atoms with E-state index in [-0.39, 0.29) is 45.4 Å². The van der Waals surface area contributed by atoms with E-state index in [1.54, 1.807) is 14.7 Å². The van der Waals surface area contributed by atoms with Gasteiger partial charge in [-0.25, -0.2) is 29.9 Å². The second-order valence-corrected chi connectivity index (χ2v) is 16.3. The highest BCUT2D eigenvalue weighted by molar-refractivity contribution is 6.33. The summed E-state index contributed by atoms with van der Waals surface area (Å²) in [6.07, 6.45) is -10.9. The van der Waals surface area contributed by atoms with Gasteiger partial charge in [-0.3, -0.25) is 9.59 Å². The molecule has 8 heterocycles. The molecule has 0 radical (unpaired) electrons. The summed E-state index contributed by atoms with van der Waals surface area (Å²) in [5, 5.41) is 23.0. The van der Waals surface area contributed by atoms with Gasteiger partial charge in [0.1, 0.15) is 32.9 Å². The summed E-state index contributed by atoms with van der Waals surface area (Å²) in [5.41, 5.74) is 0. The Labute approximate surface area is 404 Å². The molecule has 5 saturated heterocycles. The summed E-state index contributed by atoms with van der Waals surface area (Å²) in [6, 6.07) is 3.85. The van der Waals surface area contributed by atoms with E-state index < -0.39 is 53.9 Å². The van der Waals surface area contributed by atoms with Crippen molar-refractivity contribution in [1.29, 1.82) is 0 Å². The molecule has 0 saturated carbocycles. The normalized spacial score (nSPS) is 20.0. The fourth-order valence-corrected chi connectivity index (χ4v) is 7.23. The predicted molar refractivity (Wildman–Crippen MR) is 232 cm³/mol. The van der Waals surface area contributed by atoms with Gasteiger partial charge in [0, 0.05) is 77.1 Å². The highest BCUT2D eigenvalue weighted by atomic mass is 35.5. The molecule has 0 aliphatic carbocycles. The molecular weight excluding hydrogens is 1010 g/mol. The smallest absolute Gasteiger partial charge is 0.451 e. The van der Waals surface area contributed by atoms with E-state index in [0.717, 1.165) is 51.8 Å². The number of alkyl halides is 9. The fraction of sp³-hybridized carbons (Fsp3) is 0.641. The number of rotatable bonds is 5. The summed E-state index contributed by atoms with van der Waals surface area (Å²) >= 11 is 16.0. The number of piperidine rings is 2. The van der Waals surface area contributed by atoms with Crippen LogP contribution in [0, 0.1) is 11.8 Å². The van der Waals surface area contributed by atoms with Gasteiger partial charge in [-0.15, -0.1) is 0 Å². The fourth-order valence-electron chi connectivity index (χ4n) is 6.63. The quantitative estimate of drug-likeness (QED) is 0.168. The van der Waals surface area contributed by atoms with Gasteiger partial charge in [-0.2, -0.15) is 39.5 Å². The van der Waals surface area contributed by atoms with Crippen LogP contribution < -0.4 is 25.3 Å². The topological polar surface area (TPSA) is 213 Å². The lowest BCUT2D eigenvalue weighted by atomic mass is 9.98. The summed E-state index contributed by atoms with van der Waals surface area (Å²) in [4.78, 5) is 46.4. The minimum Gasteiger partial charge on any atom is -0.481 e. The third-order valence-electron chi connectivity index (χ3n) is 10.1. The molecule has 2 atom stereocenters. The molecule has 0 bridgehead atoms. The zero-order valence-electron chi connectivity index (χ0n) is 36.5. The lowest BCUT2D eigenvalue weighted by Crippen LogP contribution is -2.40. The van der Waals surface area contributed by atoms with Gasteiger partial charge in [0.2, 0.25) is 17.5 Å². The van der Waals surface area contributed by atoms with Gasteiger partial charge < -0.3 is 49.8 Å². The standard InChI is InChI=1S/C15H19F3N4O3.C9H9ClF3N3O.C6H11NO2.C5HCl2F3N2.C4H9NO/c16-15(17,18)14-19-11(21-4-6-25-7-5-21)8-12(20-14)22-3-1-2-10(9-22)13(23)24;10-6-5-7(16-1-3-17-4-2-16)15-8(14-6)9(11,12)13;8-6(9)5-2-1-3-7-4-5;6-2-1-3(7)12-4(11-2)5(8,9)10;1-3-6-4-2-5-1/h8,10H,1-7,9H2,(H,23,24);5H,1-4H2;5,7H,1-4H2,(H,8,9);1H;5H,1-4H2/t10-;;5-;;/m1.1../s1. The highest BCUT2D eigenvalue weighted by Crippen LogP contribution is 2.33. The molecule has 69 heavy (non-hydrogen) atoms. The zero-order chi connectivity index (χ0) is 50.8. The molecule has 0 unspecified atom stereocenters. The largest absolute Gasteiger partial charge is 0.481 e. The summed E-state index contributed by atoms with van der Waals surface area (Å²) in [7, 11) is 0. The molecule has 5 aliphatic heterocycles. The Kier molecular flexibility index (Phi) is 22.6. The Bertz CT molecular complexity index is 2050. The van der Waals surface area contributed by atoms with Crippen LogP contribution in [0.25, 0.3) is 0 Å². The summed E-state index contributed by atoms with van der Waals surface area (Å²) in [5.74, 6) is -5.61. The van der Waals surface area contributed by atoms with Gasteiger partial charge in [0.05, 0.1) is 51.5 Å². The van der Waals surface area contributed by atoms with E-state index in [0.29, 0.717) is 78.5 Å². The van der Waals surface area contributed by atoms with Crippen LogP contribution in [0.4, 0.5) is 57.0 Å². The number of carboxylic acid groups (broad SMARTS) is 2. The predicted octanol–water partition coefficient (Wildman–Crippen LogP) is 6.10. The molecule has 0 aromatic carbocycles. The number of anilines is 3. The molecule has 386 valence electrons. The van der Waals surface area contributed by atoms with Gasteiger partial charge in [-0.1, -0.05) is 34.8 Å². The monoisotopic (exact) mass is 1060 g/mol. The lowest BCUT2D eigenvalue weighted by Gasteiger charge is -2.33. The number of carbonyl (C=O) groups is 2. The molecule has 18 nitrogen and oxygen atoms in total. The second kappa shape index (κ2) is 27.3. The van der Waals surface area contributed by atoms with E-state index in [1.165, 1.54) is 12.1 Å². The maximum atomic E-state index is 13.2. The van der Waals surface area contributed by atoms with Crippen molar-refractivity contribution in [1.82, 2.24) is 40.5 Å². The molecule has 5 aliphatic rings. The molecule has 4 N–H and O–H groups in total. The lowest BCUT2D eigenvalue weighted by molar-refractivity contribution is -0.145. The SMILES string of the molecule is C1COCCN1.FC(F)(F)c1nc(Cl)cc(Cl)n1.FC(F)(F)c1nc(Cl)cc(N2CCOCC2)n1.O=C(O)[C@@H]1CCCN(c2cc(N3CCOCC3)nc(C(F)(F)F)n2)C1.O=C(O)[C@@H]1CCCNC1. The second-order valence-electron chi connectivity index (χ2n) is 15.2. The van der Waals surface area contributed by atoms with Crippen molar-refractivity contribution in [3.05, 3.63) is 51.1 Å². The number of nitrogens with one attached hydrogen (secondary N) is 2. The Balaban J connectivity index is 0.000000204. The van der Waals surface area contributed by atoms with E-state index in [4.69, 9.17) is 54.1 Å². The maximum absolute atomic E-state index is 13.2. The third-order valence-corrected chi connectivity index (χ3v) is 10.6. The Hall–Kier alpha value is -4.38. The van der Waals surface area contributed by atoms with Gasteiger partial charge >= 0.3 is 30.5 Å².